The van der Waals surface area contributed by atoms with E-state index in [9.17, 15) is 0 Å². The fourth-order valence-corrected chi connectivity index (χ4v) is 7.16. The average molecular weight is 846 g/mol. The van der Waals surface area contributed by atoms with Crippen LogP contribution in [0.2, 0.25) is 0 Å². The first-order valence-electron chi connectivity index (χ1n) is 17.8. The molecular weight excluding hydrogens is 783 g/mol. The van der Waals surface area contributed by atoms with Gasteiger partial charge in [0.25, 0.3) is 0 Å². The second-order valence-electron chi connectivity index (χ2n) is 14.1. The van der Waals surface area contributed by atoms with Gasteiger partial charge in [-0.05, 0) is 36.5 Å². The molecule has 6 rings (SSSR count). The summed E-state index contributed by atoms with van der Waals surface area (Å²) in [5.41, 5.74) is 8.87. The molecule has 0 amide bonds. The van der Waals surface area contributed by atoms with E-state index in [1.165, 1.54) is 65.3 Å². The number of aryl methyl sites for hydroxylation is 2. The molecule has 0 nitrogen and oxygen atoms in total. The standard InChI is InChI=1S/2C17H23.C12H10Si.2CH3.Hf/c2*1-6-13-7-15-9-14(11(2)3)10-16(12(4)5)17(15)8-13;1-3-7-11(8-4-1)13-12-9-5-2-6-10-12;;;/h2*7-12H,6H2,1-5H3;1-10H;2*1H3;/q2*-1;;2*-1;+4. The summed E-state index contributed by atoms with van der Waals surface area (Å²) in [5.74, 6) is 2.42. The summed E-state index contributed by atoms with van der Waals surface area (Å²) in [6.45, 7) is 22.7. The molecule has 0 aromatic heterocycles. The zero-order valence-corrected chi connectivity index (χ0v) is 37.7. The van der Waals surface area contributed by atoms with Crippen LogP contribution in [-0.4, -0.2) is 9.52 Å². The topological polar surface area (TPSA) is 0 Å². The monoisotopic (exact) mass is 846 g/mol. The number of hydrogen-bond acceptors (Lipinski definition) is 0. The van der Waals surface area contributed by atoms with Crippen molar-refractivity contribution in [3.63, 3.8) is 0 Å². The van der Waals surface area contributed by atoms with Crippen molar-refractivity contribution in [1.29, 1.82) is 0 Å². The Kier molecular flexibility index (Phi) is 19.5. The molecule has 0 aliphatic rings. The van der Waals surface area contributed by atoms with E-state index >= 15 is 0 Å². The number of hydrogen-bond donors (Lipinski definition) is 0. The van der Waals surface area contributed by atoms with E-state index in [2.05, 4.69) is 178 Å². The van der Waals surface area contributed by atoms with Crippen LogP contribution in [0.15, 0.2) is 109 Å². The van der Waals surface area contributed by atoms with E-state index in [0.29, 0.717) is 23.7 Å². The maximum absolute atomic E-state index is 2.40. The largest absolute Gasteiger partial charge is 4.00 e. The maximum Gasteiger partial charge on any atom is 4.00 e. The zero-order valence-electron chi connectivity index (χ0n) is 33.1. The normalized spacial score (nSPS) is 10.7. The van der Waals surface area contributed by atoms with Crippen LogP contribution in [0.25, 0.3) is 21.5 Å². The van der Waals surface area contributed by atoms with Crippen LogP contribution < -0.4 is 10.4 Å². The maximum atomic E-state index is 2.40. The van der Waals surface area contributed by atoms with Gasteiger partial charge in [0.2, 0.25) is 0 Å². The summed E-state index contributed by atoms with van der Waals surface area (Å²) in [4.78, 5) is 0. The first kappa shape index (κ1) is 45.2. The van der Waals surface area contributed by atoms with E-state index in [1.807, 2.05) is 0 Å². The van der Waals surface area contributed by atoms with Gasteiger partial charge in [-0.1, -0.05) is 175 Å². The zero-order chi connectivity index (χ0) is 34.1. The van der Waals surface area contributed by atoms with Gasteiger partial charge in [0.1, 0.15) is 9.52 Å². The molecule has 2 heteroatoms. The third-order valence-corrected chi connectivity index (χ3v) is 10.3. The van der Waals surface area contributed by atoms with Gasteiger partial charge >= 0.3 is 25.8 Å². The fourth-order valence-electron chi connectivity index (χ4n) is 6.11. The van der Waals surface area contributed by atoms with Gasteiger partial charge in [-0.15, -0.1) is 56.9 Å². The van der Waals surface area contributed by atoms with Crippen molar-refractivity contribution in [2.75, 3.05) is 0 Å². The Morgan fingerprint density at radius 3 is 1.10 bits per heavy atom. The number of benzene rings is 4. The molecule has 0 aliphatic carbocycles. The van der Waals surface area contributed by atoms with Crippen molar-refractivity contribution in [1.82, 2.24) is 0 Å². The van der Waals surface area contributed by atoms with Crippen molar-refractivity contribution in [2.24, 2.45) is 0 Å². The summed E-state index contributed by atoms with van der Waals surface area (Å²) in [6.07, 6.45) is 2.26. The van der Waals surface area contributed by atoms with E-state index in [0.717, 1.165) is 22.4 Å². The minimum atomic E-state index is 0. The molecule has 0 atom stereocenters. The van der Waals surface area contributed by atoms with Gasteiger partial charge in [-0.2, -0.15) is 12.1 Å². The minimum Gasteiger partial charge on any atom is -0.358 e. The van der Waals surface area contributed by atoms with Crippen LogP contribution in [0.4, 0.5) is 0 Å². The molecule has 0 bridgehead atoms. The van der Waals surface area contributed by atoms with Crippen LogP contribution in [-0.2, 0) is 38.7 Å². The summed E-state index contributed by atoms with van der Waals surface area (Å²) >= 11 is 0. The first-order chi connectivity index (χ1) is 22.5. The average Bonchev–Trinajstić information content (AvgIpc) is 3.69. The molecule has 2 radical (unpaired) electrons. The van der Waals surface area contributed by atoms with Gasteiger partial charge in [0.15, 0.2) is 0 Å². The first-order valence-corrected chi connectivity index (χ1v) is 18.8. The quantitative estimate of drug-likeness (QED) is 0.106. The molecule has 262 valence electrons. The van der Waals surface area contributed by atoms with Crippen molar-refractivity contribution in [3.05, 3.63) is 157 Å². The summed E-state index contributed by atoms with van der Waals surface area (Å²) < 4.78 is 0. The molecule has 0 aliphatic heterocycles. The predicted molar refractivity (Wildman–Crippen MR) is 225 cm³/mol. The number of fused-ring (bicyclic) bond motifs is 2. The fraction of sp³-hybridized carbons (Fsp3) is 0.333. The predicted octanol–water partition coefficient (Wildman–Crippen LogP) is 13.0. The Morgan fingerprint density at radius 1 is 0.480 bits per heavy atom. The van der Waals surface area contributed by atoms with Crippen molar-refractivity contribution in [3.8, 4) is 0 Å². The van der Waals surface area contributed by atoms with Gasteiger partial charge in [0.05, 0.1) is 0 Å². The van der Waals surface area contributed by atoms with Gasteiger partial charge in [-0.25, -0.2) is 0 Å². The van der Waals surface area contributed by atoms with E-state index in [-0.39, 0.29) is 40.7 Å². The molecule has 50 heavy (non-hydrogen) atoms. The Hall–Kier alpha value is -2.81. The molecule has 0 N–H and O–H groups in total. The second-order valence-corrected chi connectivity index (χ2v) is 15.5. The Morgan fingerprint density at radius 2 is 0.820 bits per heavy atom. The van der Waals surface area contributed by atoms with Crippen LogP contribution in [0.5, 0.6) is 0 Å². The van der Waals surface area contributed by atoms with Crippen LogP contribution >= 0.6 is 0 Å². The van der Waals surface area contributed by atoms with E-state index in [4.69, 9.17) is 0 Å². The smallest absolute Gasteiger partial charge is 0.358 e. The molecule has 0 saturated heterocycles. The van der Waals surface area contributed by atoms with E-state index < -0.39 is 0 Å². The molecule has 6 aromatic carbocycles. The van der Waals surface area contributed by atoms with Crippen LogP contribution in [0, 0.1) is 14.9 Å². The molecule has 0 spiro atoms. The SMILES string of the molecule is CCc1cc2c(C(C)C)cc(C(C)C)cc2[cH-]1.CCc1cc2c(C(C)C)cc(C(C)C)cc2[cH-]1.[CH3-].[CH3-].[Hf+4].c1ccc([Si]c2ccccc2)cc1. The molecule has 0 unspecified atom stereocenters. The molecule has 0 fully saturated rings. The third kappa shape index (κ3) is 12.2. The van der Waals surface area contributed by atoms with E-state index in [1.54, 1.807) is 0 Å². The minimum absolute atomic E-state index is 0. The number of rotatable bonds is 8. The van der Waals surface area contributed by atoms with Gasteiger partial charge < -0.3 is 14.9 Å². The molecule has 0 saturated carbocycles. The molecular formula is C48H62HfSi. The van der Waals surface area contributed by atoms with Crippen LogP contribution in [0.1, 0.15) is 126 Å². The third-order valence-electron chi connectivity index (χ3n) is 9.10. The molecule has 6 aromatic rings. The second kappa shape index (κ2) is 21.5. The van der Waals surface area contributed by atoms with Crippen LogP contribution in [0.3, 0.4) is 0 Å². The Bertz CT molecular complexity index is 1680. The van der Waals surface area contributed by atoms with Gasteiger partial charge in [-0.3, -0.25) is 0 Å². The summed E-state index contributed by atoms with van der Waals surface area (Å²) in [5, 5.41) is 8.57. The van der Waals surface area contributed by atoms with Crippen molar-refractivity contribution in [2.45, 2.75) is 106 Å². The Labute approximate surface area is 328 Å². The van der Waals surface area contributed by atoms with Crippen molar-refractivity contribution < 1.29 is 25.8 Å². The summed E-state index contributed by atoms with van der Waals surface area (Å²) in [7, 11) is 0.777. The Balaban J connectivity index is 0.000000367. The molecule has 0 heterocycles. The van der Waals surface area contributed by atoms with Crippen molar-refractivity contribution >= 4 is 41.4 Å². The van der Waals surface area contributed by atoms with Gasteiger partial charge in [0, 0.05) is 0 Å². The summed E-state index contributed by atoms with van der Waals surface area (Å²) in [6, 6.07) is 40.1.